The van der Waals surface area contributed by atoms with Gasteiger partial charge in [0.1, 0.15) is 10.6 Å². The minimum absolute atomic E-state index is 0.0104. The first kappa shape index (κ1) is 25.3. The highest BCUT2D eigenvalue weighted by Gasteiger charge is 2.43. The van der Waals surface area contributed by atoms with E-state index in [4.69, 9.17) is 27.9 Å². The molecule has 0 aromatic heterocycles. The molecule has 4 rings (SSSR count). The molecule has 0 bridgehead atoms. The van der Waals surface area contributed by atoms with Crippen LogP contribution in [0.1, 0.15) is 38.5 Å². The summed E-state index contributed by atoms with van der Waals surface area (Å²) in [6.07, 6.45) is 4.73. The summed E-state index contributed by atoms with van der Waals surface area (Å²) in [6, 6.07) is 14.0. The van der Waals surface area contributed by atoms with E-state index in [1.807, 2.05) is 35.2 Å². The molecule has 2 aliphatic heterocycles. The van der Waals surface area contributed by atoms with Gasteiger partial charge in [0.2, 0.25) is 15.9 Å². The van der Waals surface area contributed by atoms with Crippen molar-refractivity contribution < 1.29 is 17.9 Å². The highest BCUT2D eigenvalue weighted by atomic mass is 35.5. The zero-order valence-electron chi connectivity index (χ0n) is 19.1. The summed E-state index contributed by atoms with van der Waals surface area (Å²) in [5.74, 6) is 0.765. The van der Waals surface area contributed by atoms with Gasteiger partial charge in [0.25, 0.3) is 0 Å². The maximum Gasteiger partial charge on any atom is 0.244 e. The zero-order chi connectivity index (χ0) is 24.2. The van der Waals surface area contributed by atoms with Gasteiger partial charge in [0, 0.05) is 38.0 Å². The Morgan fingerprint density at radius 1 is 0.941 bits per heavy atom. The first-order chi connectivity index (χ1) is 16.3. The second-order valence-electron chi connectivity index (χ2n) is 9.21. The Hall–Kier alpha value is -1.80. The number of halogens is 2. The summed E-state index contributed by atoms with van der Waals surface area (Å²) in [4.78, 5) is 15.2. The number of amides is 1. The zero-order valence-corrected chi connectivity index (χ0v) is 21.4. The Morgan fingerprint density at radius 3 is 2.41 bits per heavy atom. The molecular weight excluding hydrogens is 495 g/mol. The van der Waals surface area contributed by atoms with Crippen molar-refractivity contribution in [3.05, 3.63) is 58.6 Å². The number of hydrogen-bond acceptors (Lipinski definition) is 4. The lowest BCUT2D eigenvalue weighted by Crippen LogP contribution is -2.51. The number of carbonyl (C=O) groups excluding carboxylic acids is 1. The number of benzene rings is 2. The van der Waals surface area contributed by atoms with E-state index in [0.717, 1.165) is 32.4 Å². The topological polar surface area (TPSA) is 66.9 Å². The van der Waals surface area contributed by atoms with Crippen LogP contribution in [0.4, 0.5) is 0 Å². The molecule has 0 aliphatic carbocycles. The maximum atomic E-state index is 13.6. The highest BCUT2D eigenvalue weighted by Crippen LogP contribution is 2.39. The Balaban J connectivity index is 1.60. The minimum atomic E-state index is -3.89. The minimum Gasteiger partial charge on any atom is -0.493 e. The molecule has 2 aliphatic rings. The van der Waals surface area contributed by atoms with Crippen LogP contribution in [0.2, 0.25) is 10.0 Å². The first-order valence-electron chi connectivity index (χ1n) is 11.7. The van der Waals surface area contributed by atoms with Crippen LogP contribution in [-0.2, 0) is 14.8 Å². The molecule has 2 aromatic carbocycles. The van der Waals surface area contributed by atoms with Crippen LogP contribution in [0, 0.1) is 5.41 Å². The van der Waals surface area contributed by atoms with Crippen molar-refractivity contribution in [3.63, 3.8) is 0 Å². The molecular formula is C25H30Cl2N2O4S. The van der Waals surface area contributed by atoms with E-state index in [-0.39, 0.29) is 40.4 Å². The fourth-order valence-electron chi connectivity index (χ4n) is 4.83. The Bertz CT molecular complexity index is 1110. The third-order valence-electron chi connectivity index (χ3n) is 6.68. The van der Waals surface area contributed by atoms with Crippen LogP contribution in [0.3, 0.4) is 0 Å². The van der Waals surface area contributed by atoms with Crippen LogP contribution in [0.25, 0.3) is 0 Å². The van der Waals surface area contributed by atoms with E-state index in [9.17, 15) is 13.2 Å². The van der Waals surface area contributed by atoms with Gasteiger partial charge in [0.15, 0.2) is 0 Å². The van der Waals surface area contributed by atoms with E-state index in [1.165, 1.54) is 10.4 Å². The number of para-hydroxylation sites is 1. The van der Waals surface area contributed by atoms with Gasteiger partial charge in [-0.1, -0.05) is 47.5 Å². The number of sulfonamides is 1. The van der Waals surface area contributed by atoms with Crippen molar-refractivity contribution in [2.24, 2.45) is 5.41 Å². The molecule has 2 aromatic rings. The smallest absolute Gasteiger partial charge is 0.244 e. The van der Waals surface area contributed by atoms with Crippen molar-refractivity contribution >= 4 is 39.1 Å². The predicted octanol–water partition coefficient (Wildman–Crippen LogP) is 5.25. The molecule has 2 saturated heterocycles. The largest absolute Gasteiger partial charge is 0.493 e. The molecule has 0 radical (unpaired) electrons. The molecule has 0 N–H and O–H groups in total. The Morgan fingerprint density at radius 2 is 1.68 bits per heavy atom. The number of carbonyl (C=O) groups is 1. The van der Waals surface area contributed by atoms with E-state index in [1.54, 1.807) is 12.1 Å². The fraction of sp³-hybridized carbons (Fsp3) is 0.480. The van der Waals surface area contributed by atoms with E-state index >= 15 is 0 Å². The summed E-state index contributed by atoms with van der Waals surface area (Å²) in [7, 11) is -3.89. The predicted molar refractivity (Wildman–Crippen MR) is 134 cm³/mol. The molecule has 34 heavy (non-hydrogen) atoms. The van der Waals surface area contributed by atoms with Crippen LogP contribution in [-0.4, -0.2) is 56.3 Å². The number of hydrogen-bond donors (Lipinski definition) is 0. The first-order valence-corrected chi connectivity index (χ1v) is 13.9. The van der Waals surface area contributed by atoms with E-state index < -0.39 is 15.4 Å². The van der Waals surface area contributed by atoms with Crippen LogP contribution < -0.4 is 4.74 Å². The average molecular weight is 525 g/mol. The number of piperidine rings is 2. The maximum absolute atomic E-state index is 13.6. The lowest BCUT2D eigenvalue weighted by molar-refractivity contribution is -0.136. The normalized spacial score (nSPS) is 21.9. The van der Waals surface area contributed by atoms with Gasteiger partial charge in [-0.15, -0.1) is 0 Å². The lowest BCUT2D eigenvalue weighted by Gasteiger charge is -2.42. The Labute approximate surface area is 211 Å². The second kappa shape index (κ2) is 10.9. The summed E-state index contributed by atoms with van der Waals surface area (Å²) in [5, 5.41) is 0.212. The van der Waals surface area contributed by atoms with Gasteiger partial charge in [-0.05, 0) is 56.4 Å². The van der Waals surface area contributed by atoms with Crippen molar-refractivity contribution in [2.75, 3.05) is 32.8 Å². The van der Waals surface area contributed by atoms with E-state index in [0.29, 0.717) is 25.1 Å². The van der Waals surface area contributed by atoms with Crippen LogP contribution in [0.5, 0.6) is 5.75 Å². The van der Waals surface area contributed by atoms with Crippen LogP contribution in [0.15, 0.2) is 53.4 Å². The number of ether oxygens (including phenoxy) is 1. The van der Waals surface area contributed by atoms with Crippen molar-refractivity contribution in [3.8, 4) is 5.75 Å². The summed E-state index contributed by atoms with van der Waals surface area (Å²) >= 11 is 12.4. The molecule has 0 spiro atoms. The van der Waals surface area contributed by atoms with Gasteiger partial charge in [-0.3, -0.25) is 4.79 Å². The number of nitrogens with zero attached hydrogens (tertiary/aromatic N) is 2. The molecule has 1 atom stereocenters. The fourth-order valence-corrected chi connectivity index (χ4v) is 7.16. The van der Waals surface area contributed by atoms with Gasteiger partial charge < -0.3 is 9.64 Å². The average Bonchev–Trinajstić information content (AvgIpc) is 2.86. The van der Waals surface area contributed by atoms with Gasteiger partial charge in [0.05, 0.1) is 16.7 Å². The summed E-state index contributed by atoms with van der Waals surface area (Å²) in [5.41, 5.74) is -0.638. The molecule has 0 unspecified atom stereocenters. The third kappa shape index (κ3) is 5.70. The summed E-state index contributed by atoms with van der Waals surface area (Å²) < 4.78 is 34.7. The van der Waals surface area contributed by atoms with Crippen molar-refractivity contribution in [2.45, 2.75) is 43.4 Å². The molecule has 2 fully saturated rings. The SMILES string of the molecule is O=C(C[C@@]1(COc2ccccc2)CCCN(S(=O)(=O)c2cccc(Cl)c2Cl)C1)N1CCCCC1. The quantitative estimate of drug-likeness (QED) is 0.496. The molecule has 9 heteroatoms. The third-order valence-corrected chi connectivity index (χ3v) is 9.50. The molecule has 0 saturated carbocycles. The number of likely N-dealkylation sites (tertiary alicyclic amines) is 1. The second-order valence-corrected chi connectivity index (χ2v) is 11.9. The Kier molecular flexibility index (Phi) is 8.08. The molecule has 6 nitrogen and oxygen atoms in total. The lowest BCUT2D eigenvalue weighted by atomic mass is 9.78. The summed E-state index contributed by atoms with van der Waals surface area (Å²) in [6.45, 7) is 2.32. The van der Waals surface area contributed by atoms with Crippen molar-refractivity contribution in [1.29, 1.82) is 0 Å². The standard InChI is InChI=1S/C25H30Cl2N2O4S/c26-21-11-7-12-22(24(21)27)34(31,32)29-16-8-13-25(18-29,19-33-20-9-3-1-4-10-20)17-23(30)28-14-5-2-6-15-28/h1,3-4,7,9-12H,2,5-6,8,13-19H2/t25-/m0/s1. The van der Waals surface area contributed by atoms with Gasteiger partial charge in [-0.25, -0.2) is 8.42 Å². The van der Waals surface area contributed by atoms with Crippen LogP contribution >= 0.6 is 23.2 Å². The van der Waals surface area contributed by atoms with Gasteiger partial charge >= 0.3 is 0 Å². The molecule has 184 valence electrons. The van der Waals surface area contributed by atoms with Gasteiger partial charge in [-0.2, -0.15) is 4.31 Å². The molecule has 1 amide bonds. The molecule has 2 heterocycles. The monoisotopic (exact) mass is 524 g/mol. The van der Waals surface area contributed by atoms with E-state index in [2.05, 4.69) is 0 Å². The number of rotatable bonds is 7. The van der Waals surface area contributed by atoms with Crippen molar-refractivity contribution in [1.82, 2.24) is 9.21 Å². The highest BCUT2D eigenvalue weighted by molar-refractivity contribution is 7.89.